The van der Waals surface area contributed by atoms with Crippen LogP contribution in [0.3, 0.4) is 0 Å². The molecule has 0 aliphatic carbocycles. The molecule has 148 valence electrons. The molecule has 7 heteroatoms. The van der Waals surface area contributed by atoms with Gasteiger partial charge in [-0.25, -0.2) is 0 Å². The monoisotopic (exact) mass is 414 g/mol. The van der Waals surface area contributed by atoms with Crippen LogP contribution in [-0.2, 0) is 17.8 Å². The lowest BCUT2D eigenvalue weighted by Crippen LogP contribution is -2.14. The number of nitrogens with one attached hydrogen (secondary N) is 1. The molecule has 2 heterocycles. The van der Waals surface area contributed by atoms with Gasteiger partial charge in [0.1, 0.15) is 0 Å². The molecule has 0 spiro atoms. The molecule has 28 heavy (non-hydrogen) atoms. The summed E-state index contributed by atoms with van der Waals surface area (Å²) in [4.78, 5) is 13.7. The maximum Gasteiger partial charge on any atom is 0.234 e. The number of amides is 1. The smallest absolute Gasteiger partial charge is 0.234 e. The Morgan fingerprint density at radius 2 is 2.07 bits per heavy atom. The largest absolute Gasteiger partial charge is 0.325 e. The van der Waals surface area contributed by atoms with E-state index in [4.69, 9.17) is 0 Å². The first kappa shape index (κ1) is 20.6. The Balaban J connectivity index is 1.75. The second-order valence-corrected chi connectivity index (χ2v) is 8.73. The van der Waals surface area contributed by atoms with Crippen LogP contribution in [-0.4, -0.2) is 26.4 Å². The van der Waals surface area contributed by atoms with E-state index in [9.17, 15) is 4.79 Å². The van der Waals surface area contributed by atoms with Crippen LogP contribution >= 0.6 is 23.1 Å². The van der Waals surface area contributed by atoms with Gasteiger partial charge in [-0.15, -0.1) is 21.5 Å². The van der Waals surface area contributed by atoms with E-state index in [0.29, 0.717) is 5.75 Å². The number of benzene rings is 1. The average molecular weight is 415 g/mol. The van der Waals surface area contributed by atoms with E-state index in [0.717, 1.165) is 41.6 Å². The summed E-state index contributed by atoms with van der Waals surface area (Å²) in [6.45, 7) is 9.31. The predicted molar refractivity (Wildman–Crippen MR) is 118 cm³/mol. The predicted octanol–water partition coefficient (Wildman–Crippen LogP) is 5.33. The summed E-state index contributed by atoms with van der Waals surface area (Å²) in [5.74, 6) is 1.17. The first-order valence-corrected chi connectivity index (χ1v) is 11.4. The molecule has 5 nitrogen and oxygen atoms in total. The standard InChI is InChI=1S/C21H26N4OS2/c1-5-10-25-20(18-12-27-15(4)17(18)6-2)23-24-21(25)28-13-19(26)22-16-9-7-8-14(3)11-16/h7-9,11-12H,5-6,10,13H2,1-4H3,(H,22,26). The fourth-order valence-electron chi connectivity index (χ4n) is 3.18. The zero-order valence-corrected chi connectivity index (χ0v) is 18.4. The van der Waals surface area contributed by atoms with E-state index in [1.807, 2.05) is 31.2 Å². The summed E-state index contributed by atoms with van der Waals surface area (Å²) < 4.78 is 2.14. The summed E-state index contributed by atoms with van der Waals surface area (Å²) in [6.07, 6.45) is 1.96. The number of hydrogen-bond acceptors (Lipinski definition) is 5. The first-order valence-electron chi connectivity index (χ1n) is 9.53. The van der Waals surface area contributed by atoms with Crippen molar-refractivity contribution in [1.29, 1.82) is 0 Å². The van der Waals surface area contributed by atoms with Crippen LogP contribution in [0.2, 0.25) is 0 Å². The number of aryl methyl sites for hydroxylation is 2. The molecule has 0 atom stereocenters. The number of nitrogens with zero attached hydrogens (tertiary/aromatic N) is 3. The number of carbonyl (C=O) groups is 1. The van der Waals surface area contributed by atoms with E-state index in [2.05, 4.69) is 46.2 Å². The first-order chi connectivity index (χ1) is 13.5. The van der Waals surface area contributed by atoms with Crippen molar-refractivity contribution in [3.63, 3.8) is 0 Å². The highest BCUT2D eigenvalue weighted by atomic mass is 32.2. The normalized spacial score (nSPS) is 11.0. The van der Waals surface area contributed by atoms with Crippen LogP contribution in [0.25, 0.3) is 11.4 Å². The summed E-state index contributed by atoms with van der Waals surface area (Å²) in [6, 6.07) is 7.82. The number of rotatable bonds is 8. The van der Waals surface area contributed by atoms with Crippen molar-refractivity contribution < 1.29 is 4.79 Å². The Kier molecular flexibility index (Phi) is 6.91. The van der Waals surface area contributed by atoms with Gasteiger partial charge in [-0.1, -0.05) is 37.7 Å². The van der Waals surface area contributed by atoms with E-state index in [1.165, 1.54) is 27.8 Å². The third kappa shape index (κ3) is 4.64. The van der Waals surface area contributed by atoms with Gasteiger partial charge in [0.05, 0.1) is 5.75 Å². The van der Waals surface area contributed by atoms with Gasteiger partial charge < -0.3 is 9.88 Å². The minimum atomic E-state index is -0.0381. The molecule has 1 N–H and O–H groups in total. The zero-order valence-electron chi connectivity index (χ0n) is 16.8. The fraction of sp³-hybridized carbons (Fsp3) is 0.381. The molecule has 2 aromatic heterocycles. The lowest BCUT2D eigenvalue weighted by atomic mass is 10.1. The quantitative estimate of drug-likeness (QED) is 0.506. The Labute approximate surface area is 174 Å². The maximum atomic E-state index is 12.4. The number of anilines is 1. The number of thioether (sulfide) groups is 1. The second kappa shape index (κ2) is 9.39. The molecule has 3 aromatic rings. The SMILES string of the molecule is CCCn1c(SCC(=O)Nc2cccc(C)c2)nnc1-c1csc(C)c1CC. The van der Waals surface area contributed by atoms with Crippen LogP contribution in [0.15, 0.2) is 34.8 Å². The summed E-state index contributed by atoms with van der Waals surface area (Å²) >= 11 is 3.19. The minimum Gasteiger partial charge on any atom is -0.325 e. The van der Waals surface area contributed by atoms with Gasteiger partial charge in [0, 0.05) is 28.1 Å². The molecule has 0 unspecified atom stereocenters. The van der Waals surface area contributed by atoms with Gasteiger partial charge in [-0.2, -0.15) is 0 Å². The maximum absolute atomic E-state index is 12.4. The third-order valence-corrected chi connectivity index (χ3v) is 6.42. The molecule has 0 saturated heterocycles. The Bertz CT molecular complexity index is 961. The van der Waals surface area contributed by atoms with Gasteiger partial charge in [-0.05, 0) is 49.9 Å². The molecule has 0 aliphatic heterocycles. The van der Waals surface area contributed by atoms with Crippen molar-refractivity contribution in [2.45, 2.75) is 52.2 Å². The van der Waals surface area contributed by atoms with Crippen molar-refractivity contribution in [1.82, 2.24) is 14.8 Å². The van der Waals surface area contributed by atoms with E-state index in [-0.39, 0.29) is 5.91 Å². The highest BCUT2D eigenvalue weighted by molar-refractivity contribution is 7.99. The molecule has 1 aromatic carbocycles. The molecule has 0 fully saturated rings. The molecule has 0 radical (unpaired) electrons. The number of hydrogen-bond donors (Lipinski definition) is 1. The molecular weight excluding hydrogens is 388 g/mol. The van der Waals surface area contributed by atoms with Crippen molar-refractivity contribution in [3.8, 4) is 11.4 Å². The number of aromatic nitrogens is 3. The van der Waals surface area contributed by atoms with Crippen molar-refractivity contribution in [2.75, 3.05) is 11.1 Å². The van der Waals surface area contributed by atoms with Crippen LogP contribution < -0.4 is 5.32 Å². The molecule has 0 bridgehead atoms. The lowest BCUT2D eigenvalue weighted by Gasteiger charge is -2.10. The summed E-state index contributed by atoms with van der Waals surface area (Å²) in [5.41, 5.74) is 4.45. The molecular formula is C21H26N4OS2. The average Bonchev–Trinajstić information content (AvgIpc) is 3.23. The zero-order chi connectivity index (χ0) is 20.1. The van der Waals surface area contributed by atoms with Gasteiger partial charge in [0.15, 0.2) is 11.0 Å². The van der Waals surface area contributed by atoms with Crippen LogP contribution in [0, 0.1) is 13.8 Å². The molecule has 0 saturated carbocycles. The number of carbonyl (C=O) groups excluding carboxylic acids is 1. The Hall–Kier alpha value is -2.12. The summed E-state index contributed by atoms with van der Waals surface area (Å²) in [5, 5.41) is 14.8. The second-order valence-electron chi connectivity index (χ2n) is 6.70. The minimum absolute atomic E-state index is 0.0381. The lowest BCUT2D eigenvalue weighted by molar-refractivity contribution is -0.113. The molecule has 0 aliphatic rings. The van der Waals surface area contributed by atoms with E-state index >= 15 is 0 Å². The van der Waals surface area contributed by atoms with Crippen LogP contribution in [0.1, 0.15) is 36.3 Å². The Morgan fingerprint density at radius 3 is 2.79 bits per heavy atom. The summed E-state index contributed by atoms with van der Waals surface area (Å²) in [7, 11) is 0. The van der Waals surface area contributed by atoms with Gasteiger partial charge in [0.25, 0.3) is 0 Å². The topological polar surface area (TPSA) is 59.8 Å². The highest BCUT2D eigenvalue weighted by Gasteiger charge is 2.19. The molecule has 3 rings (SSSR count). The van der Waals surface area contributed by atoms with Crippen molar-refractivity contribution >= 4 is 34.7 Å². The van der Waals surface area contributed by atoms with E-state index < -0.39 is 0 Å². The third-order valence-electron chi connectivity index (χ3n) is 4.50. The van der Waals surface area contributed by atoms with Crippen molar-refractivity contribution in [2.24, 2.45) is 0 Å². The Morgan fingerprint density at radius 1 is 1.25 bits per heavy atom. The van der Waals surface area contributed by atoms with Crippen molar-refractivity contribution in [3.05, 3.63) is 45.6 Å². The van der Waals surface area contributed by atoms with Gasteiger partial charge in [0.2, 0.25) is 5.91 Å². The van der Waals surface area contributed by atoms with E-state index in [1.54, 1.807) is 11.3 Å². The highest BCUT2D eigenvalue weighted by Crippen LogP contribution is 2.32. The van der Waals surface area contributed by atoms with Gasteiger partial charge in [-0.3, -0.25) is 4.79 Å². The van der Waals surface area contributed by atoms with Crippen LogP contribution in [0.4, 0.5) is 5.69 Å². The van der Waals surface area contributed by atoms with Gasteiger partial charge >= 0.3 is 0 Å². The van der Waals surface area contributed by atoms with Crippen LogP contribution in [0.5, 0.6) is 0 Å². The number of thiophene rings is 1. The fourth-order valence-corrected chi connectivity index (χ4v) is 4.88. The molecule has 1 amide bonds.